The molecule has 0 saturated heterocycles. The van der Waals surface area contributed by atoms with Crippen molar-refractivity contribution in [1.29, 1.82) is 0 Å². The van der Waals surface area contributed by atoms with Crippen LogP contribution in [0.3, 0.4) is 0 Å². The predicted octanol–water partition coefficient (Wildman–Crippen LogP) is 2.11. The molecule has 0 unspecified atom stereocenters. The molecule has 0 fully saturated rings. The molecule has 0 radical (unpaired) electrons. The number of esters is 1. The number of carbonyl (C=O) groups is 2. The normalized spacial score (nSPS) is 11.0. The predicted molar refractivity (Wildman–Crippen MR) is 78.2 cm³/mol. The van der Waals surface area contributed by atoms with Crippen LogP contribution in [-0.4, -0.2) is 25.2 Å². The van der Waals surface area contributed by atoms with Crippen molar-refractivity contribution < 1.29 is 19.1 Å². The van der Waals surface area contributed by atoms with Crippen molar-refractivity contribution in [1.82, 2.24) is 5.32 Å². The summed E-state index contributed by atoms with van der Waals surface area (Å²) in [7, 11) is 1.25. The number of hydrogen-bond acceptors (Lipinski definition) is 4. The van der Waals surface area contributed by atoms with Gasteiger partial charge in [-0.3, -0.25) is 0 Å². The van der Waals surface area contributed by atoms with Crippen LogP contribution in [0.4, 0.5) is 4.79 Å². The molecular formula is C16H19NO4. The summed E-state index contributed by atoms with van der Waals surface area (Å²) in [6.45, 7) is 3.95. The number of amides is 1. The van der Waals surface area contributed by atoms with E-state index in [1.165, 1.54) is 7.11 Å². The standard InChI is InChI=1S/C16H19NO4/c1-12(2)14(9-10-15(18)20-3)17-16(19)21-11-13-7-5-4-6-8-13/h4-8,12,14H,11H2,1-3H3,(H,17,19)/t14-/m1/s1. The molecule has 1 aromatic rings. The van der Waals surface area contributed by atoms with Crippen LogP contribution in [0.25, 0.3) is 0 Å². The molecule has 5 nitrogen and oxygen atoms in total. The Bertz CT molecular complexity index is 528. The van der Waals surface area contributed by atoms with Gasteiger partial charge in [-0.1, -0.05) is 50.1 Å². The summed E-state index contributed by atoms with van der Waals surface area (Å²) < 4.78 is 9.54. The number of nitrogens with one attached hydrogen (secondary N) is 1. The number of rotatable bonds is 4. The van der Waals surface area contributed by atoms with E-state index in [2.05, 4.69) is 21.9 Å². The Morgan fingerprint density at radius 3 is 2.48 bits per heavy atom. The van der Waals surface area contributed by atoms with Gasteiger partial charge in [-0.05, 0) is 11.5 Å². The first kappa shape index (κ1) is 16.6. The highest BCUT2D eigenvalue weighted by Gasteiger charge is 2.14. The van der Waals surface area contributed by atoms with Gasteiger partial charge < -0.3 is 14.8 Å². The van der Waals surface area contributed by atoms with Crippen molar-refractivity contribution >= 4 is 12.1 Å². The Morgan fingerprint density at radius 1 is 1.24 bits per heavy atom. The van der Waals surface area contributed by atoms with Gasteiger partial charge in [0.15, 0.2) is 0 Å². The molecule has 1 aromatic carbocycles. The van der Waals surface area contributed by atoms with Crippen molar-refractivity contribution in [3.63, 3.8) is 0 Å². The molecule has 5 heteroatoms. The number of benzene rings is 1. The molecule has 1 atom stereocenters. The molecule has 0 bridgehead atoms. The number of alkyl carbamates (subject to hydrolysis) is 1. The van der Waals surface area contributed by atoms with E-state index in [4.69, 9.17) is 4.74 Å². The molecule has 112 valence electrons. The zero-order valence-corrected chi connectivity index (χ0v) is 12.4. The summed E-state index contributed by atoms with van der Waals surface area (Å²) >= 11 is 0. The van der Waals surface area contributed by atoms with E-state index < -0.39 is 18.1 Å². The highest BCUT2D eigenvalue weighted by molar-refractivity contribution is 5.88. The van der Waals surface area contributed by atoms with E-state index in [1.54, 1.807) is 0 Å². The van der Waals surface area contributed by atoms with Crippen LogP contribution in [0.15, 0.2) is 30.3 Å². The van der Waals surface area contributed by atoms with Gasteiger partial charge in [-0.2, -0.15) is 0 Å². The summed E-state index contributed by atoms with van der Waals surface area (Å²) in [5.41, 5.74) is 0.898. The molecular weight excluding hydrogens is 270 g/mol. The molecule has 0 aliphatic heterocycles. The third-order valence-corrected chi connectivity index (χ3v) is 2.67. The molecule has 0 aromatic heterocycles. The molecule has 1 amide bonds. The van der Waals surface area contributed by atoms with Crippen molar-refractivity contribution in [2.45, 2.75) is 26.5 Å². The summed E-state index contributed by atoms with van der Waals surface area (Å²) in [6.07, 6.45) is -0.572. The van der Waals surface area contributed by atoms with Crippen LogP contribution in [0.2, 0.25) is 0 Å². The first-order valence-electron chi connectivity index (χ1n) is 6.59. The third kappa shape index (κ3) is 6.48. The minimum atomic E-state index is -0.639. The Kier molecular flexibility index (Phi) is 6.82. The van der Waals surface area contributed by atoms with Gasteiger partial charge in [0.2, 0.25) is 0 Å². The van der Waals surface area contributed by atoms with E-state index in [-0.39, 0.29) is 12.5 Å². The lowest BCUT2D eigenvalue weighted by molar-refractivity contribution is -0.133. The van der Waals surface area contributed by atoms with Crippen molar-refractivity contribution in [2.75, 3.05) is 7.11 Å². The maximum atomic E-state index is 11.7. The van der Waals surface area contributed by atoms with Gasteiger partial charge in [0.25, 0.3) is 0 Å². The van der Waals surface area contributed by atoms with E-state index in [9.17, 15) is 9.59 Å². The summed E-state index contributed by atoms with van der Waals surface area (Å²) in [5, 5.41) is 2.62. The van der Waals surface area contributed by atoms with Crippen LogP contribution >= 0.6 is 0 Å². The molecule has 0 aliphatic rings. The Labute approximate surface area is 124 Å². The van der Waals surface area contributed by atoms with E-state index in [1.807, 2.05) is 44.2 Å². The van der Waals surface area contributed by atoms with Crippen LogP contribution in [0, 0.1) is 17.8 Å². The molecule has 1 N–H and O–H groups in total. The van der Waals surface area contributed by atoms with Gasteiger partial charge >= 0.3 is 12.1 Å². The maximum absolute atomic E-state index is 11.7. The summed E-state index contributed by atoms with van der Waals surface area (Å²) in [5.74, 6) is 4.37. The SMILES string of the molecule is COC(=O)C#C[C@@H](NC(=O)OCc1ccccc1)C(C)C. The quantitative estimate of drug-likeness (QED) is 0.524. The van der Waals surface area contributed by atoms with Crippen LogP contribution in [-0.2, 0) is 20.9 Å². The van der Waals surface area contributed by atoms with Gasteiger partial charge in [0.1, 0.15) is 6.61 Å². The second-order valence-corrected chi connectivity index (χ2v) is 4.69. The van der Waals surface area contributed by atoms with Gasteiger partial charge in [-0.15, -0.1) is 0 Å². The average molecular weight is 289 g/mol. The Morgan fingerprint density at radius 2 is 1.90 bits per heavy atom. The minimum Gasteiger partial charge on any atom is -0.459 e. The van der Waals surface area contributed by atoms with E-state index >= 15 is 0 Å². The summed E-state index contributed by atoms with van der Waals surface area (Å²) in [6, 6.07) is 8.88. The van der Waals surface area contributed by atoms with Crippen LogP contribution < -0.4 is 5.32 Å². The number of ether oxygens (including phenoxy) is 2. The lowest BCUT2D eigenvalue weighted by Crippen LogP contribution is -2.37. The number of carbonyl (C=O) groups excluding carboxylic acids is 2. The lowest BCUT2D eigenvalue weighted by atomic mass is 10.1. The molecule has 21 heavy (non-hydrogen) atoms. The molecule has 1 rings (SSSR count). The van der Waals surface area contributed by atoms with Crippen LogP contribution in [0.1, 0.15) is 19.4 Å². The first-order valence-corrected chi connectivity index (χ1v) is 6.59. The molecule has 0 spiro atoms. The average Bonchev–Trinajstić information content (AvgIpc) is 2.49. The largest absolute Gasteiger partial charge is 0.459 e. The van der Waals surface area contributed by atoms with Gasteiger partial charge in [0.05, 0.1) is 13.2 Å². The fourth-order valence-electron chi connectivity index (χ4n) is 1.45. The van der Waals surface area contributed by atoms with Crippen molar-refractivity contribution in [3.8, 4) is 11.8 Å². The first-order chi connectivity index (χ1) is 10.0. The number of hydrogen-bond donors (Lipinski definition) is 1. The third-order valence-electron chi connectivity index (χ3n) is 2.67. The van der Waals surface area contributed by atoms with Gasteiger partial charge in [-0.25, -0.2) is 9.59 Å². The molecule has 0 saturated carbocycles. The fraction of sp³-hybridized carbons (Fsp3) is 0.375. The molecule has 0 aliphatic carbocycles. The highest BCUT2D eigenvalue weighted by Crippen LogP contribution is 2.03. The topological polar surface area (TPSA) is 64.6 Å². The zero-order chi connectivity index (χ0) is 15.7. The monoisotopic (exact) mass is 289 g/mol. The number of methoxy groups -OCH3 is 1. The second-order valence-electron chi connectivity index (χ2n) is 4.69. The highest BCUT2D eigenvalue weighted by atomic mass is 16.5. The lowest BCUT2D eigenvalue weighted by Gasteiger charge is -2.16. The Balaban J connectivity index is 2.52. The smallest absolute Gasteiger partial charge is 0.408 e. The zero-order valence-electron chi connectivity index (χ0n) is 12.4. The summed E-state index contributed by atoms with van der Waals surface area (Å²) in [4.78, 5) is 22.7. The Hall–Kier alpha value is -2.48. The van der Waals surface area contributed by atoms with Crippen LogP contribution in [0.5, 0.6) is 0 Å². The van der Waals surface area contributed by atoms with Crippen molar-refractivity contribution in [3.05, 3.63) is 35.9 Å². The minimum absolute atomic E-state index is 0.0337. The van der Waals surface area contributed by atoms with E-state index in [0.29, 0.717) is 0 Å². The molecule has 0 heterocycles. The fourth-order valence-corrected chi connectivity index (χ4v) is 1.45. The second kappa shape index (κ2) is 8.64. The van der Waals surface area contributed by atoms with Gasteiger partial charge in [0, 0.05) is 5.92 Å². The maximum Gasteiger partial charge on any atom is 0.408 e. The van der Waals surface area contributed by atoms with E-state index in [0.717, 1.165) is 5.56 Å². The van der Waals surface area contributed by atoms with Crippen molar-refractivity contribution in [2.24, 2.45) is 5.92 Å².